The van der Waals surface area contributed by atoms with Gasteiger partial charge in [-0.2, -0.15) is 0 Å². The van der Waals surface area contributed by atoms with E-state index >= 15 is 0 Å². The van der Waals surface area contributed by atoms with E-state index in [4.69, 9.17) is 0 Å². The van der Waals surface area contributed by atoms with E-state index in [-0.39, 0.29) is 18.4 Å². The largest absolute Gasteiger partial charge is 0.353 e. The van der Waals surface area contributed by atoms with E-state index in [9.17, 15) is 9.59 Å². The van der Waals surface area contributed by atoms with Crippen LogP contribution in [-0.4, -0.2) is 51.3 Å². The fourth-order valence-corrected chi connectivity index (χ4v) is 3.04. The topological polar surface area (TPSA) is 88.1 Å². The number of rotatable bonds is 2. The summed E-state index contributed by atoms with van der Waals surface area (Å²) < 4.78 is 0. The van der Waals surface area contributed by atoms with Gasteiger partial charge in [0.2, 0.25) is 5.91 Å². The highest BCUT2D eigenvalue weighted by atomic mass is 32.1. The SMILES string of the molecule is Cc1nc(-c2ncccn2)sc1C(=O)N1CCNC(=O)C1. The average molecular weight is 303 g/mol. The van der Waals surface area contributed by atoms with E-state index < -0.39 is 0 Å². The molecule has 21 heavy (non-hydrogen) atoms. The number of nitrogens with zero attached hydrogens (tertiary/aromatic N) is 4. The highest BCUT2D eigenvalue weighted by molar-refractivity contribution is 7.17. The quantitative estimate of drug-likeness (QED) is 0.872. The third kappa shape index (κ3) is 2.75. The predicted molar refractivity (Wildman–Crippen MR) is 76.8 cm³/mol. The maximum absolute atomic E-state index is 12.5. The molecule has 8 heteroatoms. The van der Waals surface area contributed by atoms with E-state index in [0.29, 0.717) is 34.5 Å². The van der Waals surface area contributed by atoms with E-state index in [1.807, 2.05) is 0 Å². The van der Waals surface area contributed by atoms with E-state index in [0.717, 1.165) is 0 Å². The smallest absolute Gasteiger partial charge is 0.266 e. The molecule has 1 aliphatic heterocycles. The summed E-state index contributed by atoms with van der Waals surface area (Å²) >= 11 is 1.26. The predicted octanol–water partition coefficient (Wildman–Crippen LogP) is 0.481. The van der Waals surface area contributed by atoms with Gasteiger partial charge in [0, 0.05) is 25.5 Å². The van der Waals surface area contributed by atoms with Crippen LogP contribution < -0.4 is 5.32 Å². The Balaban J connectivity index is 1.87. The van der Waals surface area contributed by atoms with Crippen LogP contribution in [0.25, 0.3) is 10.8 Å². The summed E-state index contributed by atoms with van der Waals surface area (Å²) in [7, 11) is 0. The molecule has 0 radical (unpaired) electrons. The molecule has 3 heterocycles. The lowest BCUT2D eigenvalue weighted by atomic mass is 10.3. The first-order chi connectivity index (χ1) is 10.1. The molecule has 0 aromatic carbocycles. The number of thiazole rings is 1. The highest BCUT2D eigenvalue weighted by Gasteiger charge is 2.26. The third-order valence-corrected chi connectivity index (χ3v) is 4.21. The molecule has 108 valence electrons. The molecular formula is C13H13N5O2S. The molecule has 1 N–H and O–H groups in total. The van der Waals surface area contributed by atoms with Gasteiger partial charge in [-0.25, -0.2) is 15.0 Å². The lowest BCUT2D eigenvalue weighted by Gasteiger charge is -2.26. The normalized spacial score (nSPS) is 14.9. The minimum Gasteiger partial charge on any atom is -0.353 e. The standard InChI is InChI=1S/C13H13N5O2S/c1-8-10(13(20)18-6-5-14-9(19)7-18)21-12(17-8)11-15-3-2-4-16-11/h2-4H,5-7H2,1H3,(H,14,19). The van der Waals surface area contributed by atoms with Crippen molar-refractivity contribution < 1.29 is 9.59 Å². The van der Waals surface area contributed by atoms with Gasteiger partial charge in [-0.05, 0) is 13.0 Å². The number of amides is 2. The van der Waals surface area contributed by atoms with Crippen LogP contribution in [0.5, 0.6) is 0 Å². The summed E-state index contributed by atoms with van der Waals surface area (Å²) in [4.78, 5) is 38.6. The zero-order valence-electron chi connectivity index (χ0n) is 11.4. The second kappa shape index (κ2) is 5.57. The molecule has 1 aliphatic rings. The van der Waals surface area contributed by atoms with Gasteiger partial charge in [-0.3, -0.25) is 9.59 Å². The maximum atomic E-state index is 12.5. The average Bonchev–Trinajstić information content (AvgIpc) is 2.89. The van der Waals surface area contributed by atoms with Crippen molar-refractivity contribution in [2.45, 2.75) is 6.92 Å². The molecule has 0 aliphatic carbocycles. The minimum atomic E-state index is -0.165. The van der Waals surface area contributed by atoms with Crippen molar-refractivity contribution in [2.75, 3.05) is 19.6 Å². The number of aryl methyl sites for hydroxylation is 1. The number of hydrogen-bond donors (Lipinski definition) is 1. The number of aromatic nitrogens is 3. The van der Waals surface area contributed by atoms with Crippen LogP contribution in [-0.2, 0) is 4.79 Å². The number of piperazine rings is 1. The first-order valence-electron chi connectivity index (χ1n) is 6.46. The van der Waals surface area contributed by atoms with E-state index in [1.165, 1.54) is 16.2 Å². The zero-order chi connectivity index (χ0) is 14.8. The Morgan fingerprint density at radius 3 is 2.86 bits per heavy atom. The van der Waals surface area contributed by atoms with Crippen LogP contribution in [0.15, 0.2) is 18.5 Å². The fraction of sp³-hybridized carbons (Fsp3) is 0.308. The fourth-order valence-electron chi connectivity index (χ4n) is 2.06. The minimum absolute atomic E-state index is 0.0906. The number of nitrogens with one attached hydrogen (secondary N) is 1. The van der Waals surface area contributed by atoms with Gasteiger partial charge >= 0.3 is 0 Å². The molecule has 2 amide bonds. The summed E-state index contributed by atoms with van der Waals surface area (Å²) in [6, 6.07) is 1.72. The van der Waals surface area contributed by atoms with Gasteiger partial charge in [-0.1, -0.05) is 0 Å². The van der Waals surface area contributed by atoms with E-state index in [2.05, 4.69) is 20.3 Å². The number of carbonyl (C=O) groups excluding carboxylic acids is 2. The first-order valence-corrected chi connectivity index (χ1v) is 7.27. The second-order valence-corrected chi connectivity index (χ2v) is 5.58. The molecule has 0 saturated carbocycles. The Morgan fingerprint density at radius 1 is 1.38 bits per heavy atom. The van der Waals surface area contributed by atoms with Crippen molar-refractivity contribution in [3.05, 3.63) is 29.0 Å². The molecule has 0 unspecified atom stereocenters. The molecule has 7 nitrogen and oxygen atoms in total. The molecule has 2 aromatic heterocycles. The molecule has 1 saturated heterocycles. The van der Waals surface area contributed by atoms with Crippen molar-refractivity contribution in [1.82, 2.24) is 25.2 Å². The van der Waals surface area contributed by atoms with Crippen LogP contribution in [0, 0.1) is 6.92 Å². The summed E-state index contributed by atoms with van der Waals surface area (Å²) in [5.74, 6) is 0.200. The molecule has 0 atom stereocenters. The summed E-state index contributed by atoms with van der Waals surface area (Å²) in [5.41, 5.74) is 0.637. The first kappa shape index (κ1) is 13.6. The van der Waals surface area contributed by atoms with Crippen molar-refractivity contribution in [2.24, 2.45) is 0 Å². The summed E-state index contributed by atoms with van der Waals surface area (Å²) in [5, 5.41) is 3.31. The lowest BCUT2D eigenvalue weighted by molar-refractivity contribution is -0.123. The van der Waals surface area contributed by atoms with Crippen LogP contribution in [0.4, 0.5) is 0 Å². The maximum Gasteiger partial charge on any atom is 0.266 e. The second-order valence-electron chi connectivity index (χ2n) is 4.58. The Kier molecular flexibility index (Phi) is 3.61. The Morgan fingerprint density at radius 2 is 2.14 bits per heavy atom. The van der Waals surface area contributed by atoms with Gasteiger partial charge in [0.05, 0.1) is 12.2 Å². The van der Waals surface area contributed by atoms with Crippen LogP contribution in [0.2, 0.25) is 0 Å². The molecule has 1 fully saturated rings. The van der Waals surface area contributed by atoms with Gasteiger partial charge in [0.1, 0.15) is 4.88 Å². The van der Waals surface area contributed by atoms with Crippen LogP contribution in [0.3, 0.4) is 0 Å². The van der Waals surface area contributed by atoms with Crippen LogP contribution in [0.1, 0.15) is 15.4 Å². The molecule has 0 bridgehead atoms. The van der Waals surface area contributed by atoms with Crippen molar-refractivity contribution >= 4 is 23.2 Å². The van der Waals surface area contributed by atoms with Crippen molar-refractivity contribution in [1.29, 1.82) is 0 Å². The van der Waals surface area contributed by atoms with Gasteiger partial charge in [-0.15, -0.1) is 11.3 Å². The lowest BCUT2D eigenvalue weighted by Crippen LogP contribution is -2.49. The molecule has 0 spiro atoms. The highest BCUT2D eigenvalue weighted by Crippen LogP contribution is 2.26. The van der Waals surface area contributed by atoms with E-state index in [1.54, 1.807) is 25.4 Å². The summed E-state index contributed by atoms with van der Waals surface area (Å²) in [6.07, 6.45) is 3.27. The summed E-state index contributed by atoms with van der Waals surface area (Å²) in [6.45, 7) is 2.86. The molecular weight excluding hydrogens is 290 g/mol. The van der Waals surface area contributed by atoms with Gasteiger partial charge < -0.3 is 10.2 Å². The molecule has 2 aromatic rings. The van der Waals surface area contributed by atoms with Gasteiger partial charge in [0.25, 0.3) is 5.91 Å². The molecule has 3 rings (SSSR count). The van der Waals surface area contributed by atoms with Crippen LogP contribution >= 0.6 is 11.3 Å². The monoisotopic (exact) mass is 303 g/mol. The Labute approximate surface area is 125 Å². The number of hydrogen-bond acceptors (Lipinski definition) is 6. The Bertz CT molecular complexity index is 685. The van der Waals surface area contributed by atoms with Crippen molar-refractivity contribution in [3.8, 4) is 10.8 Å². The van der Waals surface area contributed by atoms with Gasteiger partial charge in [0.15, 0.2) is 10.8 Å². The zero-order valence-corrected chi connectivity index (χ0v) is 12.2. The number of carbonyl (C=O) groups is 2. The van der Waals surface area contributed by atoms with Crippen molar-refractivity contribution in [3.63, 3.8) is 0 Å². The third-order valence-electron chi connectivity index (χ3n) is 3.07. The Hall–Kier alpha value is -2.35.